The van der Waals surface area contributed by atoms with E-state index in [2.05, 4.69) is 58.3 Å². The van der Waals surface area contributed by atoms with Gasteiger partial charge in [0.05, 0.1) is 5.69 Å². The molecule has 3 heterocycles. The van der Waals surface area contributed by atoms with Crippen LogP contribution in [0.2, 0.25) is 0 Å². The number of guanidine groups is 1. The predicted molar refractivity (Wildman–Crippen MR) is 115 cm³/mol. The van der Waals surface area contributed by atoms with Crippen LogP contribution in [0.1, 0.15) is 50.3 Å². The zero-order valence-corrected chi connectivity index (χ0v) is 17.3. The second-order valence-corrected chi connectivity index (χ2v) is 8.23. The Balaban J connectivity index is 1.32. The maximum absolute atomic E-state index is 4.81. The Labute approximate surface area is 168 Å². The summed E-state index contributed by atoms with van der Waals surface area (Å²) in [7, 11) is 0. The lowest BCUT2D eigenvalue weighted by Gasteiger charge is -2.24. The fourth-order valence-corrected chi connectivity index (χ4v) is 4.63. The van der Waals surface area contributed by atoms with Gasteiger partial charge in [0, 0.05) is 57.1 Å². The molecule has 1 saturated carbocycles. The fraction of sp³-hybridized carbons (Fsp3) is 0.636. The summed E-state index contributed by atoms with van der Waals surface area (Å²) >= 11 is 0. The Bertz CT molecular complexity index is 804. The van der Waals surface area contributed by atoms with E-state index in [0.29, 0.717) is 6.04 Å². The molecular formula is C22H34N6. The number of aryl methyl sites for hydroxylation is 1. The molecule has 2 N–H and O–H groups in total. The summed E-state index contributed by atoms with van der Waals surface area (Å²) in [5, 5.41) is 7.07. The number of rotatable bonds is 6. The van der Waals surface area contributed by atoms with Crippen LogP contribution in [-0.2, 0) is 6.42 Å². The number of hydrogen-bond donors (Lipinski definition) is 2. The maximum Gasteiger partial charge on any atom is 0.191 e. The molecule has 1 saturated heterocycles. The number of hydrogen-bond acceptors (Lipinski definition) is 3. The van der Waals surface area contributed by atoms with Crippen LogP contribution in [0.25, 0.3) is 5.65 Å². The Hall–Kier alpha value is -2.08. The minimum Gasteiger partial charge on any atom is -0.357 e. The fourth-order valence-electron chi connectivity index (χ4n) is 4.63. The molecule has 1 unspecified atom stereocenters. The van der Waals surface area contributed by atoms with Crippen molar-refractivity contribution in [3.63, 3.8) is 0 Å². The third kappa shape index (κ3) is 4.49. The monoisotopic (exact) mass is 382 g/mol. The zero-order chi connectivity index (χ0) is 19.3. The summed E-state index contributed by atoms with van der Waals surface area (Å²) < 4.78 is 2.11. The first kappa shape index (κ1) is 19.2. The molecule has 0 aromatic carbocycles. The van der Waals surface area contributed by atoms with Crippen molar-refractivity contribution in [2.75, 3.05) is 26.2 Å². The summed E-state index contributed by atoms with van der Waals surface area (Å²) in [5.41, 5.74) is 3.35. The smallest absolute Gasteiger partial charge is 0.191 e. The average Bonchev–Trinajstić information content (AvgIpc) is 3.42. The van der Waals surface area contributed by atoms with E-state index in [1.807, 2.05) is 0 Å². The van der Waals surface area contributed by atoms with Crippen molar-refractivity contribution < 1.29 is 0 Å². The zero-order valence-electron chi connectivity index (χ0n) is 17.3. The van der Waals surface area contributed by atoms with Gasteiger partial charge in [0.1, 0.15) is 5.65 Å². The second-order valence-electron chi connectivity index (χ2n) is 8.23. The van der Waals surface area contributed by atoms with Crippen molar-refractivity contribution in [3.05, 3.63) is 35.8 Å². The Kier molecular flexibility index (Phi) is 6.15. The summed E-state index contributed by atoms with van der Waals surface area (Å²) in [5.74, 6) is 0.945. The largest absolute Gasteiger partial charge is 0.357 e. The number of nitrogens with one attached hydrogen (secondary N) is 2. The molecule has 0 radical (unpaired) electrons. The van der Waals surface area contributed by atoms with Crippen molar-refractivity contribution in [2.45, 2.75) is 64.5 Å². The maximum atomic E-state index is 4.81. The van der Waals surface area contributed by atoms with Gasteiger partial charge in [-0.1, -0.05) is 18.9 Å². The van der Waals surface area contributed by atoms with E-state index in [1.54, 1.807) is 0 Å². The first-order valence-electron chi connectivity index (χ1n) is 10.9. The third-order valence-corrected chi connectivity index (χ3v) is 6.11. The van der Waals surface area contributed by atoms with Crippen LogP contribution in [-0.4, -0.2) is 58.5 Å². The topological polar surface area (TPSA) is 57.0 Å². The molecule has 6 nitrogen and oxygen atoms in total. The lowest BCUT2D eigenvalue weighted by Crippen LogP contribution is -2.45. The van der Waals surface area contributed by atoms with Gasteiger partial charge < -0.3 is 15.0 Å². The Morgan fingerprint density at radius 2 is 2.14 bits per heavy atom. The van der Waals surface area contributed by atoms with Crippen molar-refractivity contribution in [3.8, 4) is 0 Å². The van der Waals surface area contributed by atoms with Crippen LogP contribution in [0.4, 0.5) is 0 Å². The highest BCUT2D eigenvalue weighted by Gasteiger charge is 2.30. The molecule has 2 aromatic heterocycles. The third-order valence-electron chi connectivity index (χ3n) is 6.11. The molecule has 2 aliphatic rings. The molecular weight excluding hydrogens is 348 g/mol. The van der Waals surface area contributed by atoms with Gasteiger partial charge in [-0.05, 0) is 44.7 Å². The molecule has 4 rings (SSSR count). The number of aliphatic imine (C=N–C) groups is 1. The summed E-state index contributed by atoms with van der Waals surface area (Å²) in [6.45, 7) is 8.24. The highest BCUT2D eigenvalue weighted by molar-refractivity contribution is 5.80. The normalized spacial score (nSPS) is 21.6. The van der Waals surface area contributed by atoms with Crippen LogP contribution >= 0.6 is 0 Å². The number of nitrogens with zero attached hydrogens (tertiary/aromatic N) is 4. The summed E-state index contributed by atoms with van der Waals surface area (Å²) in [4.78, 5) is 12.3. The van der Waals surface area contributed by atoms with Crippen LogP contribution < -0.4 is 10.6 Å². The molecule has 1 atom stereocenters. The molecule has 6 heteroatoms. The van der Waals surface area contributed by atoms with Gasteiger partial charge in [-0.2, -0.15) is 0 Å². The number of likely N-dealkylation sites (tertiary alicyclic amines) is 1. The quantitative estimate of drug-likeness (QED) is 0.596. The highest BCUT2D eigenvalue weighted by atomic mass is 15.3. The minimum absolute atomic E-state index is 0.510. The summed E-state index contributed by atoms with van der Waals surface area (Å²) in [6, 6.07) is 5.50. The van der Waals surface area contributed by atoms with Gasteiger partial charge >= 0.3 is 0 Å². The van der Waals surface area contributed by atoms with Gasteiger partial charge in [-0.25, -0.2) is 4.98 Å². The minimum atomic E-state index is 0.510. The first-order valence-corrected chi connectivity index (χ1v) is 10.9. The predicted octanol–water partition coefficient (Wildman–Crippen LogP) is 2.76. The van der Waals surface area contributed by atoms with Gasteiger partial charge in [-0.3, -0.25) is 9.89 Å². The van der Waals surface area contributed by atoms with Crippen molar-refractivity contribution in [1.29, 1.82) is 0 Å². The molecule has 152 valence electrons. The van der Waals surface area contributed by atoms with Gasteiger partial charge in [0.2, 0.25) is 0 Å². The number of fused-ring (bicyclic) bond motifs is 1. The van der Waals surface area contributed by atoms with Crippen LogP contribution in [0.3, 0.4) is 0 Å². The average molecular weight is 383 g/mol. The van der Waals surface area contributed by atoms with Gasteiger partial charge in [-0.15, -0.1) is 0 Å². The van der Waals surface area contributed by atoms with Gasteiger partial charge in [0.25, 0.3) is 0 Å². The molecule has 0 amide bonds. The van der Waals surface area contributed by atoms with E-state index in [9.17, 15) is 0 Å². The van der Waals surface area contributed by atoms with Crippen LogP contribution in [0.5, 0.6) is 0 Å². The number of pyridine rings is 1. The van der Waals surface area contributed by atoms with E-state index < -0.39 is 0 Å². The second kappa shape index (κ2) is 8.95. The molecule has 28 heavy (non-hydrogen) atoms. The molecule has 2 aromatic rings. The first-order chi connectivity index (χ1) is 13.7. The van der Waals surface area contributed by atoms with Gasteiger partial charge in [0.15, 0.2) is 5.96 Å². The number of imidazole rings is 1. The molecule has 0 bridgehead atoms. The number of aromatic nitrogens is 2. The molecule has 2 fully saturated rings. The van der Waals surface area contributed by atoms with Crippen molar-refractivity contribution in [2.24, 2.45) is 4.99 Å². The van der Waals surface area contributed by atoms with E-state index >= 15 is 0 Å². The lowest BCUT2D eigenvalue weighted by molar-refractivity contribution is 0.242. The highest BCUT2D eigenvalue weighted by Crippen LogP contribution is 2.26. The summed E-state index contributed by atoms with van der Waals surface area (Å²) in [6.07, 6.45) is 11.8. The SMILES string of the molecule is CCNC(=NCCc1cn2cccc(C)c2n1)NC1CCN(C2CCCC2)C1. The van der Waals surface area contributed by atoms with Crippen molar-refractivity contribution >= 4 is 11.6 Å². The Morgan fingerprint density at radius 3 is 2.93 bits per heavy atom. The van der Waals surface area contributed by atoms with E-state index in [4.69, 9.17) is 9.98 Å². The van der Waals surface area contributed by atoms with E-state index in [1.165, 1.54) is 44.2 Å². The van der Waals surface area contributed by atoms with Crippen LogP contribution in [0, 0.1) is 6.92 Å². The lowest BCUT2D eigenvalue weighted by atomic mass is 10.2. The van der Waals surface area contributed by atoms with Crippen molar-refractivity contribution in [1.82, 2.24) is 24.9 Å². The van der Waals surface area contributed by atoms with Crippen LogP contribution in [0.15, 0.2) is 29.5 Å². The standard InChI is InChI=1S/C22H34N6/c1-3-23-22(26-19-11-14-27(15-19)20-8-4-5-9-20)24-12-10-18-16-28-13-6-7-17(2)21(28)25-18/h6-7,13,16,19-20H,3-5,8-12,14-15H2,1-2H3,(H2,23,24,26). The molecule has 1 aliphatic carbocycles. The molecule has 0 spiro atoms. The van der Waals surface area contributed by atoms with E-state index in [0.717, 1.165) is 49.4 Å². The Morgan fingerprint density at radius 1 is 1.29 bits per heavy atom. The van der Waals surface area contributed by atoms with E-state index in [-0.39, 0.29) is 0 Å². The molecule has 1 aliphatic heterocycles.